The number of carbonyl (C=O) groups excluding carboxylic acids is 1. The zero-order chi connectivity index (χ0) is 17.9. The quantitative estimate of drug-likeness (QED) is 0.789. The number of aliphatic hydroxyl groups excluding tert-OH is 1. The molecule has 1 aromatic rings. The van der Waals surface area contributed by atoms with Crippen LogP contribution in [-0.2, 0) is 17.8 Å². The summed E-state index contributed by atoms with van der Waals surface area (Å²) in [6.45, 7) is 2.90. The minimum atomic E-state index is 0.105. The molecule has 3 aliphatic heterocycles. The number of hydrogen-bond donors (Lipinski definition) is 2. The lowest BCUT2D eigenvalue weighted by molar-refractivity contribution is -0.134. The van der Waals surface area contributed by atoms with Gasteiger partial charge in [-0.3, -0.25) is 14.4 Å². The van der Waals surface area contributed by atoms with E-state index in [-0.39, 0.29) is 18.4 Å². The molecule has 0 spiro atoms. The van der Waals surface area contributed by atoms with Crippen LogP contribution in [0.4, 0.5) is 0 Å². The lowest BCUT2D eigenvalue weighted by Gasteiger charge is -2.49. The van der Waals surface area contributed by atoms with Crippen LogP contribution in [0, 0.1) is 11.8 Å². The number of nitrogens with zero attached hydrogens (tertiary/aromatic N) is 4. The number of carbonyl (C=O) groups is 1. The molecule has 1 saturated carbocycles. The third-order valence-electron chi connectivity index (χ3n) is 6.52. The van der Waals surface area contributed by atoms with Crippen LogP contribution in [0.25, 0.3) is 0 Å². The van der Waals surface area contributed by atoms with Gasteiger partial charge in [0.15, 0.2) is 0 Å². The molecule has 2 bridgehead atoms. The minimum Gasteiger partial charge on any atom is -0.396 e. The molecule has 7 nitrogen and oxygen atoms in total. The van der Waals surface area contributed by atoms with Gasteiger partial charge in [0.05, 0.1) is 18.2 Å². The average Bonchev–Trinajstić information content (AvgIpc) is 3.10. The summed E-state index contributed by atoms with van der Waals surface area (Å²) in [6.07, 6.45) is 10.8. The number of aromatic nitrogens is 3. The Morgan fingerprint density at radius 2 is 2.12 bits per heavy atom. The van der Waals surface area contributed by atoms with E-state index in [9.17, 15) is 4.79 Å². The molecule has 1 amide bonds. The summed E-state index contributed by atoms with van der Waals surface area (Å²) in [6, 6.07) is 0.846. The topological polar surface area (TPSA) is 83.3 Å². The number of aliphatic hydroxyl groups is 1. The van der Waals surface area contributed by atoms with E-state index in [1.54, 1.807) is 0 Å². The summed E-state index contributed by atoms with van der Waals surface area (Å²) in [4.78, 5) is 15.3. The number of hydrogen-bond acceptors (Lipinski definition) is 5. The fourth-order valence-corrected chi connectivity index (χ4v) is 5.05. The number of nitrogens with one attached hydrogen (secondary N) is 1. The van der Waals surface area contributed by atoms with Crippen LogP contribution in [0.2, 0.25) is 0 Å². The molecular weight excluding hydrogens is 330 g/mol. The first-order valence-corrected chi connectivity index (χ1v) is 10.3. The maximum Gasteiger partial charge on any atom is 0.224 e. The molecule has 4 fully saturated rings. The van der Waals surface area contributed by atoms with Gasteiger partial charge in [-0.25, -0.2) is 0 Å². The van der Waals surface area contributed by atoms with Gasteiger partial charge in [0.25, 0.3) is 0 Å². The van der Waals surface area contributed by atoms with Gasteiger partial charge in [0, 0.05) is 37.9 Å². The highest BCUT2D eigenvalue weighted by atomic mass is 16.3. The Morgan fingerprint density at radius 1 is 1.27 bits per heavy atom. The Kier molecular flexibility index (Phi) is 5.55. The van der Waals surface area contributed by atoms with E-state index in [0.29, 0.717) is 24.4 Å². The van der Waals surface area contributed by atoms with Crippen LogP contribution in [0.15, 0.2) is 6.20 Å². The van der Waals surface area contributed by atoms with E-state index in [0.717, 1.165) is 51.0 Å². The Bertz CT molecular complexity index is 613. The van der Waals surface area contributed by atoms with Gasteiger partial charge in [-0.2, -0.15) is 0 Å². The highest BCUT2D eigenvalue weighted by Crippen LogP contribution is 2.37. The molecular formula is C19H31N5O2. The molecule has 1 unspecified atom stereocenters. The molecule has 26 heavy (non-hydrogen) atoms. The zero-order valence-electron chi connectivity index (χ0n) is 15.5. The predicted octanol–water partition coefficient (Wildman–Crippen LogP) is 0.972. The average molecular weight is 361 g/mol. The van der Waals surface area contributed by atoms with Gasteiger partial charge in [-0.15, -0.1) is 5.10 Å². The van der Waals surface area contributed by atoms with Crippen molar-refractivity contribution in [3.63, 3.8) is 0 Å². The molecule has 144 valence electrons. The molecule has 4 atom stereocenters. The number of piperidine rings is 3. The zero-order valence-corrected chi connectivity index (χ0v) is 15.5. The Morgan fingerprint density at radius 3 is 2.85 bits per heavy atom. The molecule has 0 aromatic carbocycles. The van der Waals surface area contributed by atoms with Crippen LogP contribution in [0.3, 0.4) is 0 Å². The minimum absolute atomic E-state index is 0.105. The molecule has 3 saturated heterocycles. The van der Waals surface area contributed by atoms with Crippen LogP contribution >= 0.6 is 0 Å². The fraction of sp³-hybridized carbons (Fsp3) is 0.842. The van der Waals surface area contributed by atoms with Crippen molar-refractivity contribution in [3.8, 4) is 0 Å². The fourth-order valence-electron chi connectivity index (χ4n) is 5.05. The smallest absolute Gasteiger partial charge is 0.224 e. The summed E-state index contributed by atoms with van der Waals surface area (Å²) in [5.41, 5.74) is 0.841. The van der Waals surface area contributed by atoms with Crippen molar-refractivity contribution in [3.05, 3.63) is 11.9 Å². The number of amides is 1. The standard InChI is InChI=1S/C19H31N5O2/c25-9-7-16-11-24(22-21-16)12-17-10-14-6-8-23(17)13-18(14)19(26)20-15-4-2-1-3-5-15/h11,14-15,17-18,25H,1-10,12-13H2,(H,20,26)/t14-,17+,18-/m0/s1. The van der Waals surface area contributed by atoms with Crippen LogP contribution < -0.4 is 5.32 Å². The lowest BCUT2D eigenvalue weighted by Crippen LogP contribution is -2.58. The molecule has 2 N–H and O–H groups in total. The Hall–Kier alpha value is -1.47. The van der Waals surface area contributed by atoms with Gasteiger partial charge in [0.1, 0.15) is 0 Å². The maximum absolute atomic E-state index is 12.8. The Labute approximate surface area is 155 Å². The van der Waals surface area contributed by atoms with Crippen molar-refractivity contribution < 1.29 is 9.90 Å². The van der Waals surface area contributed by atoms with Gasteiger partial charge in [0.2, 0.25) is 5.91 Å². The van der Waals surface area contributed by atoms with Gasteiger partial charge < -0.3 is 10.4 Å². The normalized spacial score (nSPS) is 31.9. The lowest BCUT2D eigenvalue weighted by atomic mass is 9.75. The molecule has 4 heterocycles. The molecule has 7 heteroatoms. The van der Waals surface area contributed by atoms with Crippen molar-refractivity contribution in [2.75, 3.05) is 19.7 Å². The molecule has 1 aromatic heterocycles. The van der Waals surface area contributed by atoms with E-state index in [4.69, 9.17) is 5.11 Å². The van der Waals surface area contributed by atoms with Gasteiger partial charge in [-0.05, 0) is 38.1 Å². The second-order valence-corrected chi connectivity index (χ2v) is 8.29. The van der Waals surface area contributed by atoms with E-state index >= 15 is 0 Å². The third kappa shape index (κ3) is 3.93. The highest BCUT2D eigenvalue weighted by molar-refractivity contribution is 5.79. The van der Waals surface area contributed by atoms with Crippen LogP contribution in [0.5, 0.6) is 0 Å². The van der Waals surface area contributed by atoms with E-state index in [1.807, 2.05) is 10.9 Å². The molecule has 0 radical (unpaired) electrons. The molecule has 4 aliphatic rings. The van der Waals surface area contributed by atoms with Crippen molar-refractivity contribution in [1.82, 2.24) is 25.2 Å². The first kappa shape index (κ1) is 17.9. The largest absolute Gasteiger partial charge is 0.396 e. The first-order valence-electron chi connectivity index (χ1n) is 10.3. The second kappa shape index (κ2) is 8.05. The summed E-state index contributed by atoms with van der Waals surface area (Å²) in [7, 11) is 0. The molecule has 1 aliphatic carbocycles. The van der Waals surface area contributed by atoms with Crippen molar-refractivity contribution in [2.24, 2.45) is 11.8 Å². The Balaban J connectivity index is 1.32. The SMILES string of the molecule is O=C(NC1CCCCC1)[C@H]1CN2CC[C@H]1C[C@@H]2Cn1cc(CCO)nn1. The van der Waals surface area contributed by atoms with Crippen LogP contribution in [0.1, 0.15) is 50.6 Å². The first-order chi connectivity index (χ1) is 12.7. The van der Waals surface area contributed by atoms with E-state index < -0.39 is 0 Å². The third-order valence-corrected chi connectivity index (χ3v) is 6.52. The van der Waals surface area contributed by atoms with Crippen molar-refractivity contribution in [2.45, 2.75) is 70.0 Å². The summed E-state index contributed by atoms with van der Waals surface area (Å²) in [5.74, 6) is 0.938. The predicted molar refractivity (Wildman–Crippen MR) is 97.4 cm³/mol. The van der Waals surface area contributed by atoms with Gasteiger partial charge >= 0.3 is 0 Å². The summed E-state index contributed by atoms with van der Waals surface area (Å²) < 4.78 is 1.90. The summed E-state index contributed by atoms with van der Waals surface area (Å²) >= 11 is 0. The highest BCUT2D eigenvalue weighted by Gasteiger charge is 2.43. The van der Waals surface area contributed by atoms with Gasteiger partial charge in [-0.1, -0.05) is 24.5 Å². The van der Waals surface area contributed by atoms with E-state index in [1.165, 1.54) is 19.3 Å². The summed E-state index contributed by atoms with van der Waals surface area (Å²) in [5, 5.41) is 20.7. The second-order valence-electron chi connectivity index (χ2n) is 8.29. The van der Waals surface area contributed by atoms with Crippen molar-refractivity contribution >= 4 is 5.91 Å². The monoisotopic (exact) mass is 361 g/mol. The maximum atomic E-state index is 12.8. The molecule has 5 rings (SSSR count). The number of rotatable bonds is 6. The van der Waals surface area contributed by atoms with Crippen LogP contribution in [-0.4, -0.2) is 62.7 Å². The van der Waals surface area contributed by atoms with Crippen molar-refractivity contribution in [1.29, 1.82) is 0 Å². The number of fused-ring (bicyclic) bond motifs is 3. The van der Waals surface area contributed by atoms with E-state index in [2.05, 4.69) is 20.5 Å².